The zero-order valence-electron chi connectivity index (χ0n) is 11.7. The Hall–Kier alpha value is -0.960. The predicted octanol–water partition coefficient (Wildman–Crippen LogP) is -0.848. The molecule has 0 fully saturated rings. The molecule has 0 aliphatic carbocycles. The van der Waals surface area contributed by atoms with Crippen LogP contribution in [0.2, 0.25) is 0 Å². The first-order chi connectivity index (χ1) is 8.24. The summed E-state index contributed by atoms with van der Waals surface area (Å²) >= 11 is 0. The lowest BCUT2D eigenvalue weighted by Crippen LogP contribution is -2.29. The van der Waals surface area contributed by atoms with Crippen molar-refractivity contribution in [3.8, 4) is 0 Å². The number of carbonyl (C=O) groups excluding carboxylic acids is 1. The van der Waals surface area contributed by atoms with Crippen molar-refractivity contribution in [2.45, 2.75) is 13.3 Å². The van der Waals surface area contributed by atoms with Gasteiger partial charge < -0.3 is 15.7 Å². The Balaban J connectivity index is 0. The Kier molecular flexibility index (Phi) is 10.6. The van der Waals surface area contributed by atoms with Crippen LogP contribution in [0.1, 0.15) is 13.3 Å². The summed E-state index contributed by atoms with van der Waals surface area (Å²) in [5, 5.41) is 2.49. The zero-order chi connectivity index (χ0) is 14.2. The van der Waals surface area contributed by atoms with Crippen LogP contribution in [0.3, 0.4) is 0 Å². The second-order valence-electron chi connectivity index (χ2n) is 4.28. The molecule has 0 aromatic rings. The molecule has 0 rings (SSSR count). The van der Waals surface area contributed by atoms with E-state index in [-0.39, 0.29) is 30.3 Å². The first kappa shape index (κ1) is 20.4. The van der Waals surface area contributed by atoms with Crippen LogP contribution in [-0.2, 0) is 19.1 Å². The van der Waals surface area contributed by atoms with Gasteiger partial charge in [-0.15, -0.1) is 0 Å². The minimum Gasteiger partial charge on any atom is -0.412 e. The minimum atomic E-state index is -3.50. The maximum atomic E-state index is 11.4. The Morgan fingerprint density at radius 1 is 1.37 bits per heavy atom. The lowest BCUT2D eigenvalue weighted by atomic mass is 10.3. The molecule has 0 aliphatic rings. The molecule has 0 aromatic carbocycles. The van der Waals surface area contributed by atoms with Gasteiger partial charge in [-0.2, -0.15) is 8.42 Å². The van der Waals surface area contributed by atoms with E-state index in [1.54, 1.807) is 6.92 Å². The van der Waals surface area contributed by atoms with Gasteiger partial charge in [-0.25, -0.2) is 0 Å². The van der Waals surface area contributed by atoms with Crippen molar-refractivity contribution in [1.82, 2.24) is 10.2 Å². The zero-order valence-corrected chi connectivity index (χ0v) is 12.5. The number of carbonyl (C=O) groups is 1. The largest absolute Gasteiger partial charge is 0.412 e. The molecule has 0 saturated carbocycles. The summed E-state index contributed by atoms with van der Waals surface area (Å²) in [6, 6.07) is 0. The summed E-state index contributed by atoms with van der Waals surface area (Å²) < 4.78 is 27.6. The van der Waals surface area contributed by atoms with Crippen LogP contribution in [-0.4, -0.2) is 64.2 Å². The summed E-state index contributed by atoms with van der Waals surface area (Å²) in [7, 11) is 0.255. The Labute approximate surface area is 115 Å². The molecule has 19 heavy (non-hydrogen) atoms. The number of rotatable bonds is 9. The van der Waals surface area contributed by atoms with Crippen LogP contribution in [0.25, 0.3) is 0 Å². The molecule has 0 heterocycles. The highest BCUT2D eigenvalue weighted by Gasteiger charge is 2.11. The molecule has 3 N–H and O–H groups in total. The highest BCUT2D eigenvalue weighted by atomic mass is 32.2. The highest BCUT2D eigenvalue weighted by Crippen LogP contribution is 1.97. The lowest BCUT2D eigenvalue weighted by molar-refractivity contribution is -0.117. The monoisotopic (exact) mass is 296 g/mol. The van der Waals surface area contributed by atoms with Crippen LogP contribution >= 0.6 is 0 Å². The molecule has 114 valence electrons. The van der Waals surface area contributed by atoms with Crippen molar-refractivity contribution in [2.75, 3.05) is 39.5 Å². The summed E-state index contributed by atoms with van der Waals surface area (Å²) in [5.41, 5.74) is 0.379. The standard InChI is InChI=1S/C11H22N2O4S.H2O/c1-10(2)11(14)12-6-8-17-18(15,16)9-5-7-13(3)4;/h1,5-9H2,2-4H3,(H,12,14);1H2. The third-order valence-electron chi connectivity index (χ3n) is 2.04. The SMILES string of the molecule is C=C(C)C(=O)NCCOS(=O)(=O)CCCN(C)C.O. The number of hydrogen-bond donors (Lipinski definition) is 1. The number of nitrogens with one attached hydrogen (secondary N) is 1. The van der Waals surface area contributed by atoms with Crippen LogP contribution in [0.5, 0.6) is 0 Å². The van der Waals surface area contributed by atoms with Crippen LogP contribution in [0.15, 0.2) is 12.2 Å². The van der Waals surface area contributed by atoms with Gasteiger partial charge in [0.2, 0.25) is 5.91 Å². The van der Waals surface area contributed by atoms with Gasteiger partial charge in [0.1, 0.15) is 0 Å². The molecule has 8 heteroatoms. The number of hydrogen-bond acceptors (Lipinski definition) is 5. The molecule has 0 saturated heterocycles. The molecule has 0 atom stereocenters. The fraction of sp³-hybridized carbons (Fsp3) is 0.727. The molecular formula is C11H24N2O5S. The maximum Gasteiger partial charge on any atom is 0.267 e. The maximum absolute atomic E-state index is 11.4. The highest BCUT2D eigenvalue weighted by molar-refractivity contribution is 7.86. The van der Waals surface area contributed by atoms with Gasteiger partial charge in [0.25, 0.3) is 10.1 Å². The predicted molar refractivity (Wildman–Crippen MR) is 74.3 cm³/mol. The third kappa shape index (κ3) is 11.8. The number of amides is 1. The smallest absolute Gasteiger partial charge is 0.267 e. The summed E-state index contributed by atoms with van der Waals surface area (Å²) in [5.74, 6) is -0.316. The fourth-order valence-corrected chi connectivity index (χ4v) is 2.04. The Bertz CT molecular complexity index is 379. The quantitative estimate of drug-likeness (QED) is 0.339. The van der Waals surface area contributed by atoms with Crippen molar-refractivity contribution in [3.63, 3.8) is 0 Å². The number of nitrogens with zero attached hydrogens (tertiary/aromatic N) is 1. The summed E-state index contributed by atoms with van der Waals surface area (Å²) in [4.78, 5) is 13.0. The van der Waals surface area contributed by atoms with Crippen molar-refractivity contribution >= 4 is 16.0 Å². The second kappa shape index (κ2) is 9.90. The first-order valence-corrected chi connectivity index (χ1v) is 7.28. The van der Waals surface area contributed by atoms with Crippen molar-refractivity contribution < 1.29 is 22.9 Å². The van der Waals surface area contributed by atoms with Crippen molar-refractivity contribution in [2.24, 2.45) is 0 Å². The summed E-state index contributed by atoms with van der Waals surface area (Å²) in [6.07, 6.45) is 0.521. The summed E-state index contributed by atoms with van der Waals surface area (Å²) in [6.45, 7) is 5.83. The van der Waals surface area contributed by atoms with E-state index in [9.17, 15) is 13.2 Å². The average molecular weight is 296 g/mol. The van der Waals surface area contributed by atoms with E-state index in [4.69, 9.17) is 4.18 Å². The molecule has 0 aromatic heterocycles. The molecule has 7 nitrogen and oxygen atoms in total. The van der Waals surface area contributed by atoms with E-state index < -0.39 is 10.1 Å². The molecule has 0 spiro atoms. The molecule has 0 unspecified atom stereocenters. The van der Waals surface area contributed by atoms with Crippen molar-refractivity contribution in [1.29, 1.82) is 0 Å². The Morgan fingerprint density at radius 2 is 1.95 bits per heavy atom. The molecule has 0 radical (unpaired) electrons. The van der Waals surface area contributed by atoms with Gasteiger partial charge in [0, 0.05) is 12.1 Å². The fourth-order valence-electron chi connectivity index (χ4n) is 1.10. The van der Waals surface area contributed by atoms with Gasteiger partial charge in [-0.05, 0) is 34.0 Å². The lowest BCUT2D eigenvalue weighted by Gasteiger charge is -2.10. The van der Waals surface area contributed by atoms with E-state index in [0.717, 1.165) is 0 Å². The van der Waals surface area contributed by atoms with Gasteiger partial charge in [-0.1, -0.05) is 6.58 Å². The molecule has 1 amide bonds. The first-order valence-electron chi connectivity index (χ1n) is 5.70. The van der Waals surface area contributed by atoms with E-state index in [2.05, 4.69) is 11.9 Å². The molecule has 0 bridgehead atoms. The van der Waals surface area contributed by atoms with Crippen LogP contribution < -0.4 is 5.32 Å². The van der Waals surface area contributed by atoms with E-state index in [1.165, 1.54) is 0 Å². The average Bonchev–Trinajstić information content (AvgIpc) is 2.23. The van der Waals surface area contributed by atoms with Gasteiger partial charge in [0.05, 0.1) is 12.4 Å². The van der Waals surface area contributed by atoms with E-state index >= 15 is 0 Å². The van der Waals surface area contributed by atoms with Crippen LogP contribution in [0.4, 0.5) is 0 Å². The van der Waals surface area contributed by atoms with Crippen LogP contribution in [0, 0.1) is 0 Å². The Morgan fingerprint density at radius 3 is 2.42 bits per heavy atom. The normalized spacial score (nSPS) is 10.9. The molecular weight excluding hydrogens is 272 g/mol. The third-order valence-corrected chi connectivity index (χ3v) is 3.35. The van der Waals surface area contributed by atoms with Gasteiger partial charge in [-0.3, -0.25) is 8.98 Å². The van der Waals surface area contributed by atoms with Gasteiger partial charge in [0.15, 0.2) is 0 Å². The minimum absolute atomic E-state index is 0. The van der Waals surface area contributed by atoms with Gasteiger partial charge >= 0.3 is 0 Å². The van der Waals surface area contributed by atoms with E-state index in [0.29, 0.717) is 18.5 Å². The molecule has 0 aliphatic heterocycles. The topological polar surface area (TPSA) is 107 Å². The van der Waals surface area contributed by atoms with E-state index in [1.807, 2.05) is 19.0 Å². The second-order valence-corrected chi connectivity index (χ2v) is 6.04. The van der Waals surface area contributed by atoms with Crippen molar-refractivity contribution in [3.05, 3.63) is 12.2 Å².